The average molecular weight is 397 g/mol. The quantitative estimate of drug-likeness (QED) is 0.759. The third kappa shape index (κ3) is 5.63. The van der Waals surface area contributed by atoms with Crippen molar-refractivity contribution in [3.05, 3.63) is 71.5 Å². The topological polar surface area (TPSA) is 78.5 Å². The van der Waals surface area contributed by atoms with Gasteiger partial charge in [0.1, 0.15) is 5.82 Å². The van der Waals surface area contributed by atoms with Gasteiger partial charge in [-0.1, -0.05) is 42.5 Å². The van der Waals surface area contributed by atoms with Gasteiger partial charge in [0.2, 0.25) is 0 Å². The number of halogens is 1. The molecule has 3 amide bonds. The van der Waals surface area contributed by atoms with Crippen LogP contribution in [0.25, 0.3) is 0 Å². The van der Waals surface area contributed by atoms with Gasteiger partial charge in [0.05, 0.1) is 5.56 Å². The van der Waals surface area contributed by atoms with Crippen LogP contribution in [0.3, 0.4) is 0 Å². The standard InChI is InChI=1S/C22H24FN3O3/c23-19-9-5-4-8-18(19)22(29)26-12-10-17(11-13-26)15-25-21(28)20(27)24-14-16-6-2-1-3-7-16/h1-9,17H,10-15H2,(H,24,27)(H,25,28). The fourth-order valence-electron chi connectivity index (χ4n) is 3.32. The molecular formula is C22H24FN3O3. The Hall–Kier alpha value is -3.22. The van der Waals surface area contributed by atoms with Gasteiger partial charge in [0, 0.05) is 26.2 Å². The monoisotopic (exact) mass is 397 g/mol. The number of nitrogens with one attached hydrogen (secondary N) is 2. The maximum Gasteiger partial charge on any atom is 0.309 e. The van der Waals surface area contributed by atoms with Gasteiger partial charge >= 0.3 is 11.8 Å². The molecule has 29 heavy (non-hydrogen) atoms. The van der Waals surface area contributed by atoms with Crippen LogP contribution in [0.15, 0.2) is 54.6 Å². The number of hydrogen-bond acceptors (Lipinski definition) is 3. The molecule has 2 N–H and O–H groups in total. The molecule has 0 atom stereocenters. The number of likely N-dealkylation sites (tertiary alicyclic amines) is 1. The first-order valence-corrected chi connectivity index (χ1v) is 9.68. The molecule has 3 rings (SSSR count). The Morgan fingerprint density at radius 1 is 0.897 bits per heavy atom. The van der Waals surface area contributed by atoms with Crippen LogP contribution in [0.5, 0.6) is 0 Å². The number of piperidine rings is 1. The van der Waals surface area contributed by atoms with Gasteiger partial charge in [-0.2, -0.15) is 0 Å². The van der Waals surface area contributed by atoms with Crippen molar-refractivity contribution in [2.45, 2.75) is 19.4 Å². The number of benzene rings is 2. The Bertz CT molecular complexity index is 865. The molecule has 2 aromatic rings. The van der Waals surface area contributed by atoms with Crippen molar-refractivity contribution < 1.29 is 18.8 Å². The Morgan fingerprint density at radius 3 is 2.21 bits per heavy atom. The molecule has 1 aliphatic heterocycles. The molecule has 1 saturated heterocycles. The van der Waals surface area contributed by atoms with Crippen LogP contribution in [0.2, 0.25) is 0 Å². The number of nitrogens with zero attached hydrogens (tertiary/aromatic N) is 1. The van der Waals surface area contributed by atoms with Crippen molar-refractivity contribution in [3.8, 4) is 0 Å². The second-order valence-corrected chi connectivity index (χ2v) is 7.09. The molecule has 7 heteroatoms. The van der Waals surface area contributed by atoms with Crippen LogP contribution in [0, 0.1) is 11.7 Å². The third-order valence-electron chi connectivity index (χ3n) is 5.06. The maximum absolute atomic E-state index is 13.8. The molecule has 6 nitrogen and oxygen atoms in total. The van der Waals surface area contributed by atoms with Crippen LogP contribution in [-0.2, 0) is 16.1 Å². The summed E-state index contributed by atoms with van der Waals surface area (Å²) < 4.78 is 13.8. The molecule has 0 radical (unpaired) electrons. The highest BCUT2D eigenvalue weighted by Crippen LogP contribution is 2.19. The van der Waals surface area contributed by atoms with Gasteiger partial charge < -0.3 is 15.5 Å². The van der Waals surface area contributed by atoms with E-state index < -0.39 is 17.6 Å². The van der Waals surface area contributed by atoms with E-state index in [0.717, 1.165) is 5.56 Å². The molecule has 0 saturated carbocycles. The van der Waals surface area contributed by atoms with Crippen LogP contribution in [-0.4, -0.2) is 42.3 Å². The second kappa shape index (κ2) is 9.82. The predicted octanol–water partition coefficient (Wildman–Crippen LogP) is 2.11. The summed E-state index contributed by atoms with van der Waals surface area (Å²) in [6, 6.07) is 15.3. The van der Waals surface area contributed by atoms with Gasteiger partial charge in [-0.15, -0.1) is 0 Å². The van der Waals surface area contributed by atoms with E-state index in [1.165, 1.54) is 12.1 Å². The molecule has 0 unspecified atom stereocenters. The van der Waals surface area contributed by atoms with Crippen molar-refractivity contribution in [1.29, 1.82) is 0 Å². The highest BCUT2D eigenvalue weighted by Gasteiger charge is 2.25. The molecule has 152 valence electrons. The van der Waals surface area contributed by atoms with Gasteiger partial charge in [-0.05, 0) is 36.5 Å². The highest BCUT2D eigenvalue weighted by atomic mass is 19.1. The number of amides is 3. The molecule has 1 fully saturated rings. The average Bonchev–Trinajstić information content (AvgIpc) is 2.76. The van der Waals surface area contributed by atoms with Crippen LogP contribution < -0.4 is 10.6 Å². The number of rotatable bonds is 5. The Kier molecular flexibility index (Phi) is 6.94. The molecule has 1 aliphatic rings. The summed E-state index contributed by atoms with van der Waals surface area (Å²) in [5.41, 5.74) is 0.995. The SMILES string of the molecule is O=C(NCc1ccccc1)C(=O)NCC1CCN(C(=O)c2ccccc2F)CC1. The molecule has 0 spiro atoms. The Balaban J connectivity index is 1.39. The summed E-state index contributed by atoms with van der Waals surface area (Å²) in [5.74, 6) is -1.99. The molecular weight excluding hydrogens is 373 g/mol. The minimum absolute atomic E-state index is 0.0781. The number of carbonyl (C=O) groups excluding carboxylic acids is 3. The lowest BCUT2D eigenvalue weighted by molar-refractivity contribution is -0.139. The first-order valence-electron chi connectivity index (χ1n) is 9.68. The van der Waals surface area contributed by atoms with Crippen molar-refractivity contribution in [1.82, 2.24) is 15.5 Å². The largest absolute Gasteiger partial charge is 0.348 e. The fraction of sp³-hybridized carbons (Fsp3) is 0.318. The molecule has 0 aliphatic carbocycles. The van der Waals surface area contributed by atoms with E-state index in [-0.39, 0.29) is 17.4 Å². The van der Waals surface area contributed by atoms with E-state index in [9.17, 15) is 18.8 Å². The van der Waals surface area contributed by atoms with Crippen molar-refractivity contribution >= 4 is 17.7 Å². The smallest absolute Gasteiger partial charge is 0.309 e. The van der Waals surface area contributed by atoms with Crippen LogP contribution in [0.1, 0.15) is 28.8 Å². The zero-order valence-corrected chi connectivity index (χ0v) is 16.1. The fourth-order valence-corrected chi connectivity index (χ4v) is 3.32. The van der Waals surface area contributed by atoms with Crippen molar-refractivity contribution in [2.24, 2.45) is 5.92 Å². The predicted molar refractivity (Wildman–Crippen MR) is 106 cm³/mol. The summed E-state index contributed by atoms with van der Waals surface area (Å²) in [7, 11) is 0. The summed E-state index contributed by atoms with van der Waals surface area (Å²) >= 11 is 0. The van der Waals surface area contributed by atoms with E-state index >= 15 is 0 Å². The zero-order chi connectivity index (χ0) is 20.6. The maximum atomic E-state index is 13.8. The van der Waals surface area contributed by atoms with E-state index in [2.05, 4.69) is 10.6 Å². The van der Waals surface area contributed by atoms with E-state index in [4.69, 9.17) is 0 Å². The zero-order valence-electron chi connectivity index (χ0n) is 16.1. The summed E-state index contributed by atoms with van der Waals surface area (Å²) in [5, 5.41) is 5.25. The van der Waals surface area contributed by atoms with Crippen molar-refractivity contribution in [3.63, 3.8) is 0 Å². The van der Waals surface area contributed by atoms with Crippen LogP contribution >= 0.6 is 0 Å². The molecule has 2 aromatic carbocycles. The highest BCUT2D eigenvalue weighted by molar-refractivity contribution is 6.35. The number of carbonyl (C=O) groups is 3. The molecule has 1 heterocycles. The summed E-state index contributed by atoms with van der Waals surface area (Å²) in [4.78, 5) is 37.9. The second-order valence-electron chi connectivity index (χ2n) is 7.09. The van der Waals surface area contributed by atoms with Gasteiger partial charge in [0.15, 0.2) is 0 Å². The molecule has 0 aromatic heterocycles. The van der Waals surface area contributed by atoms with Gasteiger partial charge in [0.25, 0.3) is 5.91 Å². The van der Waals surface area contributed by atoms with E-state index in [0.29, 0.717) is 39.0 Å². The first-order chi connectivity index (χ1) is 14.0. The minimum atomic E-state index is -0.666. The first kappa shape index (κ1) is 20.5. The van der Waals surface area contributed by atoms with Gasteiger partial charge in [-0.3, -0.25) is 14.4 Å². The van der Waals surface area contributed by atoms with Crippen LogP contribution in [0.4, 0.5) is 4.39 Å². The lowest BCUT2D eigenvalue weighted by Gasteiger charge is -2.32. The normalized spacial score (nSPS) is 14.3. The third-order valence-corrected chi connectivity index (χ3v) is 5.06. The lowest BCUT2D eigenvalue weighted by Crippen LogP contribution is -2.44. The summed E-state index contributed by atoms with van der Waals surface area (Å²) in [6.45, 7) is 1.66. The Labute approximate surface area is 169 Å². The summed E-state index contributed by atoms with van der Waals surface area (Å²) in [6.07, 6.45) is 1.37. The lowest BCUT2D eigenvalue weighted by atomic mass is 9.96. The van der Waals surface area contributed by atoms with E-state index in [1.807, 2.05) is 30.3 Å². The Morgan fingerprint density at radius 2 is 1.52 bits per heavy atom. The minimum Gasteiger partial charge on any atom is -0.348 e. The van der Waals surface area contributed by atoms with Crippen molar-refractivity contribution in [2.75, 3.05) is 19.6 Å². The number of hydrogen-bond donors (Lipinski definition) is 2. The van der Waals surface area contributed by atoms with Gasteiger partial charge in [-0.25, -0.2) is 4.39 Å². The molecule has 0 bridgehead atoms. The van der Waals surface area contributed by atoms with E-state index in [1.54, 1.807) is 17.0 Å².